The van der Waals surface area contributed by atoms with Crippen LogP contribution in [-0.2, 0) is 4.74 Å². The van der Waals surface area contributed by atoms with Crippen molar-refractivity contribution < 1.29 is 4.74 Å². The number of nitrogens with one attached hydrogen (secondary N) is 1. The lowest BCUT2D eigenvalue weighted by molar-refractivity contribution is -0.0899. The minimum Gasteiger partial charge on any atom is -0.374 e. The highest BCUT2D eigenvalue weighted by Crippen LogP contribution is 2.29. The molecule has 0 bridgehead atoms. The van der Waals surface area contributed by atoms with Crippen LogP contribution in [-0.4, -0.2) is 18.2 Å². The smallest absolute Gasteiger partial charge is 0.0820 e. The molecule has 0 aromatic heterocycles. The predicted molar refractivity (Wildman–Crippen MR) is 58.8 cm³/mol. The molecule has 0 aromatic carbocycles. The Morgan fingerprint density at radius 3 is 2.93 bits per heavy atom. The van der Waals surface area contributed by atoms with Gasteiger partial charge in [-0.2, -0.15) is 0 Å². The van der Waals surface area contributed by atoms with Crippen LogP contribution in [0.15, 0.2) is 12.7 Å². The van der Waals surface area contributed by atoms with Crippen LogP contribution in [0.1, 0.15) is 39.0 Å². The Morgan fingerprint density at radius 2 is 2.43 bits per heavy atom. The third kappa shape index (κ3) is 2.80. The topological polar surface area (TPSA) is 47.3 Å². The summed E-state index contributed by atoms with van der Waals surface area (Å²) in [7, 11) is 0. The van der Waals surface area contributed by atoms with Crippen LogP contribution in [0.5, 0.6) is 0 Å². The minimum atomic E-state index is -0.0873. The van der Waals surface area contributed by atoms with Crippen molar-refractivity contribution >= 4 is 0 Å². The second-order valence-corrected chi connectivity index (χ2v) is 4.20. The Labute approximate surface area is 86.7 Å². The maximum atomic E-state index is 5.84. The van der Waals surface area contributed by atoms with E-state index >= 15 is 0 Å². The average molecular weight is 198 g/mol. The van der Waals surface area contributed by atoms with Gasteiger partial charge < -0.3 is 4.74 Å². The summed E-state index contributed by atoms with van der Waals surface area (Å²) in [5.74, 6) is 5.57. The van der Waals surface area contributed by atoms with Crippen molar-refractivity contribution in [3.8, 4) is 0 Å². The number of nitrogens with two attached hydrogens (primary N) is 1. The monoisotopic (exact) mass is 198 g/mol. The Bertz CT molecular complexity index is 176. The van der Waals surface area contributed by atoms with Crippen LogP contribution in [0, 0.1) is 0 Å². The lowest BCUT2D eigenvalue weighted by Crippen LogP contribution is -2.54. The molecule has 2 unspecified atom stereocenters. The SMILES string of the molecule is C=CCCC(NN)C1(C)CCCCO1. The summed E-state index contributed by atoms with van der Waals surface area (Å²) < 4.78 is 5.84. The van der Waals surface area contributed by atoms with Gasteiger partial charge in [0.1, 0.15) is 0 Å². The summed E-state index contributed by atoms with van der Waals surface area (Å²) in [6, 6.07) is 0.237. The molecule has 1 rings (SSSR count). The first kappa shape index (κ1) is 11.7. The molecule has 0 amide bonds. The van der Waals surface area contributed by atoms with Gasteiger partial charge in [-0.1, -0.05) is 6.08 Å². The van der Waals surface area contributed by atoms with Gasteiger partial charge in [-0.25, -0.2) is 0 Å². The quantitative estimate of drug-likeness (QED) is 0.402. The molecule has 0 saturated carbocycles. The van der Waals surface area contributed by atoms with Gasteiger partial charge in [-0.05, 0) is 39.0 Å². The average Bonchev–Trinajstić information content (AvgIpc) is 2.20. The summed E-state index contributed by atoms with van der Waals surface area (Å²) in [6.07, 6.45) is 7.41. The molecule has 3 nitrogen and oxygen atoms in total. The Kier molecular flexibility index (Phi) is 4.58. The van der Waals surface area contributed by atoms with Crippen LogP contribution in [0.2, 0.25) is 0 Å². The first-order valence-electron chi connectivity index (χ1n) is 5.44. The zero-order valence-electron chi connectivity index (χ0n) is 9.09. The zero-order valence-corrected chi connectivity index (χ0v) is 9.09. The van der Waals surface area contributed by atoms with Crippen LogP contribution >= 0.6 is 0 Å². The van der Waals surface area contributed by atoms with E-state index in [0.29, 0.717) is 0 Å². The van der Waals surface area contributed by atoms with E-state index in [9.17, 15) is 0 Å². The van der Waals surface area contributed by atoms with Crippen LogP contribution < -0.4 is 11.3 Å². The number of hydrazine groups is 1. The van der Waals surface area contributed by atoms with E-state index in [1.54, 1.807) is 0 Å². The number of hydrogen-bond donors (Lipinski definition) is 2. The molecular weight excluding hydrogens is 176 g/mol. The third-order valence-electron chi connectivity index (χ3n) is 3.10. The van der Waals surface area contributed by atoms with Crippen molar-refractivity contribution in [1.82, 2.24) is 5.43 Å². The van der Waals surface area contributed by atoms with Crippen molar-refractivity contribution in [2.24, 2.45) is 5.84 Å². The standard InChI is InChI=1S/C11H22N2O/c1-3-4-7-10(13-12)11(2)8-5-6-9-14-11/h3,10,13H,1,4-9,12H2,2H3. The highest BCUT2D eigenvalue weighted by atomic mass is 16.5. The maximum absolute atomic E-state index is 5.84. The number of hydrogen-bond acceptors (Lipinski definition) is 3. The predicted octanol–water partition coefficient (Wildman–Crippen LogP) is 1.74. The molecule has 1 aliphatic heterocycles. The van der Waals surface area contributed by atoms with Gasteiger partial charge >= 0.3 is 0 Å². The first-order chi connectivity index (χ1) is 6.73. The highest BCUT2D eigenvalue weighted by molar-refractivity contribution is 4.91. The minimum absolute atomic E-state index is 0.0873. The van der Waals surface area contributed by atoms with E-state index in [0.717, 1.165) is 25.9 Å². The fourth-order valence-electron chi connectivity index (χ4n) is 2.08. The molecule has 3 N–H and O–H groups in total. The molecule has 1 fully saturated rings. The van der Waals surface area contributed by atoms with Gasteiger partial charge in [-0.3, -0.25) is 11.3 Å². The molecule has 0 spiro atoms. The summed E-state index contributed by atoms with van der Waals surface area (Å²) >= 11 is 0. The van der Waals surface area contributed by atoms with Crippen LogP contribution in [0.4, 0.5) is 0 Å². The number of rotatable bonds is 5. The normalized spacial score (nSPS) is 29.9. The van der Waals surface area contributed by atoms with E-state index in [-0.39, 0.29) is 11.6 Å². The summed E-state index contributed by atoms with van der Waals surface area (Å²) in [5.41, 5.74) is 2.79. The molecular formula is C11H22N2O. The molecule has 0 radical (unpaired) electrons. The molecule has 14 heavy (non-hydrogen) atoms. The van der Waals surface area contributed by atoms with Crippen LogP contribution in [0.3, 0.4) is 0 Å². The van der Waals surface area contributed by atoms with E-state index in [1.807, 2.05) is 6.08 Å². The van der Waals surface area contributed by atoms with E-state index < -0.39 is 0 Å². The Morgan fingerprint density at radius 1 is 1.64 bits per heavy atom. The first-order valence-corrected chi connectivity index (χ1v) is 5.44. The van der Waals surface area contributed by atoms with Crippen LogP contribution in [0.25, 0.3) is 0 Å². The van der Waals surface area contributed by atoms with Gasteiger partial charge in [0.15, 0.2) is 0 Å². The van der Waals surface area contributed by atoms with Gasteiger partial charge in [0.2, 0.25) is 0 Å². The molecule has 3 heteroatoms. The lowest BCUT2D eigenvalue weighted by Gasteiger charge is -2.40. The second-order valence-electron chi connectivity index (χ2n) is 4.20. The second kappa shape index (κ2) is 5.49. The van der Waals surface area contributed by atoms with Crippen molar-refractivity contribution in [1.29, 1.82) is 0 Å². The fraction of sp³-hybridized carbons (Fsp3) is 0.818. The van der Waals surface area contributed by atoms with Crippen molar-refractivity contribution in [3.63, 3.8) is 0 Å². The summed E-state index contributed by atoms with van der Waals surface area (Å²) in [4.78, 5) is 0. The highest BCUT2D eigenvalue weighted by Gasteiger charge is 2.35. The molecule has 0 aliphatic carbocycles. The fourth-order valence-corrected chi connectivity index (χ4v) is 2.08. The number of ether oxygens (including phenoxy) is 1. The van der Waals surface area contributed by atoms with Crippen molar-refractivity contribution in [2.45, 2.75) is 50.7 Å². The molecule has 2 atom stereocenters. The molecule has 1 heterocycles. The van der Waals surface area contributed by atoms with Gasteiger partial charge in [-0.15, -0.1) is 6.58 Å². The van der Waals surface area contributed by atoms with E-state index in [2.05, 4.69) is 18.9 Å². The zero-order chi connectivity index (χ0) is 10.4. The summed E-state index contributed by atoms with van der Waals surface area (Å²) in [5, 5.41) is 0. The van der Waals surface area contributed by atoms with E-state index in [1.165, 1.54) is 12.8 Å². The van der Waals surface area contributed by atoms with Gasteiger partial charge in [0, 0.05) is 6.61 Å². The third-order valence-corrected chi connectivity index (χ3v) is 3.10. The van der Waals surface area contributed by atoms with Crippen molar-refractivity contribution in [2.75, 3.05) is 6.61 Å². The summed E-state index contributed by atoms with van der Waals surface area (Å²) in [6.45, 7) is 6.74. The maximum Gasteiger partial charge on any atom is 0.0820 e. The number of allylic oxidation sites excluding steroid dienone is 1. The van der Waals surface area contributed by atoms with Gasteiger partial charge in [0.25, 0.3) is 0 Å². The largest absolute Gasteiger partial charge is 0.374 e. The molecule has 82 valence electrons. The lowest BCUT2D eigenvalue weighted by atomic mass is 9.86. The Hall–Kier alpha value is -0.380. The van der Waals surface area contributed by atoms with E-state index in [4.69, 9.17) is 10.6 Å². The molecule has 0 aromatic rings. The molecule has 1 saturated heterocycles. The van der Waals surface area contributed by atoms with Crippen molar-refractivity contribution in [3.05, 3.63) is 12.7 Å². The molecule has 1 aliphatic rings. The Balaban J connectivity index is 2.50. The van der Waals surface area contributed by atoms with Gasteiger partial charge in [0.05, 0.1) is 11.6 Å².